The Kier molecular flexibility index (Phi) is 5.52. The van der Waals surface area contributed by atoms with Crippen molar-refractivity contribution in [3.63, 3.8) is 0 Å². The van der Waals surface area contributed by atoms with Crippen molar-refractivity contribution in [3.05, 3.63) is 71.8 Å². The topological polar surface area (TPSA) is 41.1 Å². The van der Waals surface area contributed by atoms with Crippen molar-refractivity contribution in [1.82, 2.24) is 10.6 Å². The highest BCUT2D eigenvalue weighted by Gasteiger charge is 2.10. The van der Waals surface area contributed by atoms with E-state index in [4.69, 9.17) is 0 Å². The molecule has 2 atom stereocenters. The van der Waals surface area contributed by atoms with Crippen LogP contribution >= 0.6 is 0 Å². The van der Waals surface area contributed by atoms with Gasteiger partial charge in [-0.15, -0.1) is 0 Å². The SMILES string of the molecule is C[C@@H](NCC(=O)N[C@H](C)c1ccccc1)c1ccccc1. The van der Waals surface area contributed by atoms with Gasteiger partial charge in [-0.1, -0.05) is 60.7 Å². The van der Waals surface area contributed by atoms with Gasteiger partial charge in [0, 0.05) is 6.04 Å². The number of benzene rings is 2. The lowest BCUT2D eigenvalue weighted by atomic mass is 10.1. The van der Waals surface area contributed by atoms with Crippen molar-refractivity contribution in [2.75, 3.05) is 6.54 Å². The van der Waals surface area contributed by atoms with Crippen molar-refractivity contribution in [1.29, 1.82) is 0 Å². The monoisotopic (exact) mass is 282 g/mol. The molecule has 0 aliphatic carbocycles. The van der Waals surface area contributed by atoms with Gasteiger partial charge in [-0.25, -0.2) is 0 Å². The van der Waals surface area contributed by atoms with Crippen molar-refractivity contribution in [2.45, 2.75) is 25.9 Å². The molecule has 1 amide bonds. The van der Waals surface area contributed by atoms with Crippen LogP contribution in [0.4, 0.5) is 0 Å². The second kappa shape index (κ2) is 7.60. The molecule has 3 nitrogen and oxygen atoms in total. The van der Waals surface area contributed by atoms with Gasteiger partial charge in [-0.05, 0) is 25.0 Å². The van der Waals surface area contributed by atoms with Gasteiger partial charge in [-0.3, -0.25) is 4.79 Å². The molecule has 2 aromatic carbocycles. The third-order valence-electron chi connectivity index (χ3n) is 3.55. The molecule has 0 aromatic heterocycles. The zero-order chi connectivity index (χ0) is 15.1. The predicted octanol–water partition coefficient (Wildman–Crippen LogP) is 3.21. The standard InChI is InChI=1S/C18H22N2O/c1-14(16-9-5-3-6-10-16)19-13-18(21)20-15(2)17-11-7-4-8-12-17/h3-12,14-15,19H,13H2,1-2H3,(H,20,21)/t14-,15-/m1/s1. The molecule has 0 aliphatic heterocycles. The predicted molar refractivity (Wildman–Crippen MR) is 85.9 cm³/mol. The largest absolute Gasteiger partial charge is 0.348 e. The van der Waals surface area contributed by atoms with Crippen LogP contribution in [0.25, 0.3) is 0 Å². The minimum Gasteiger partial charge on any atom is -0.348 e. The highest BCUT2D eigenvalue weighted by atomic mass is 16.1. The van der Waals surface area contributed by atoms with Crippen LogP contribution in [0.3, 0.4) is 0 Å². The summed E-state index contributed by atoms with van der Waals surface area (Å²) in [6, 6.07) is 20.3. The molecule has 0 radical (unpaired) electrons. The van der Waals surface area contributed by atoms with Crippen LogP contribution in [-0.4, -0.2) is 12.5 Å². The first-order valence-corrected chi connectivity index (χ1v) is 7.29. The third-order valence-corrected chi connectivity index (χ3v) is 3.55. The van der Waals surface area contributed by atoms with Crippen LogP contribution in [0.15, 0.2) is 60.7 Å². The molecule has 3 heteroatoms. The summed E-state index contributed by atoms with van der Waals surface area (Å²) < 4.78 is 0. The van der Waals surface area contributed by atoms with Crippen molar-refractivity contribution in [2.24, 2.45) is 0 Å². The minimum absolute atomic E-state index is 0.00846. The van der Waals surface area contributed by atoms with E-state index in [-0.39, 0.29) is 18.0 Å². The van der Waals surface area contributed by atoms with Gasteiger partial charge in [0.1, 0.15) is 0 Å². The maximum atomic E-state index is 12.0. The Labute approximate surface area is 126 Å². The molecule has 0 unspecified atom stereocenters. The molecule has 110 valence electrons. The summed E-state index contributed by atoms with van der Waals surface area (Å²) >= 11 is 0. The first-order chi connectivity index (χ1) is 10.2. The van der Waals surface area contributed by atoms with Gasteiger partial charge < -0.3 is 10.6 Å². The van der Waals surface area contributed by atoms with E-state index in [0.717, 1.165) is 5.56 Å². The van der Waals surface area contributed by atoms with Crippen LogP contribution in [0.5, 0.6) is 0 Å². The maximum absolute atomic E-state index is 12.0. The van der Waals surface area contributed by atoms with E-state index in [1.807, 2.05) is 55.5 Å². The molecule has 0 bridgehead atoms. The van der Waals surface area contributed by atoms with E-state index in [9.17, 15) is 4.79 Å². The van der Waals surface area contributed by atoms with Crippen molar-refractivity contribution in [3.8, 4) is 0 Å². The van der Waals surface area contributed by atoms with Gasteiger partial charge in [0.15, 0.2) is 0 Å². The second-order valence-corrected chi connectivity index (χ2v) is 5.21. The quantitative estimate of drug-likeness (QED) is 0.854. The number of hydrogen-bond donors (Lipinski definition) is 2. The van der Waals surface area contributed by atoms with Crippen LogP contribution < -0.4 is 10.6 Å². The molecule has 0 saturated heterocycles. The first-order valence-electron chi connectivity index (χ1n) is 7.29. The summed E-state index contributed by atoms with van der Waals surface area (Å²) in [5, 5.41) is 6.25. The molecular weight excluding hydrogens is 260 g/mol. The molecule has 0 fully saturated rings. The molecular formula is C18H22N2O. The molecule has 0 saturated carbocycles. The Bertz CT molecular complexity index is 554. The van der Waals surface area contributed by atoms with Gasteiger partial charge in [0.05, 0.1) is 12.6 Å². The summed E-state index contributed by atoms with van der Waals surface area (Å²) in [5.74, 6) is 0.00846. The maximum Gasteiger partial charge on any atom is 0.234 e. The summed E-state index contributed by atoms with van der Waals surface area (Å²) in [6.07, 6.45) is 0. The second-order valence-electron chi connectivity index (χ2n) is 5.21. The van der Waals surface area contributed by atoms with E-state index >= 15 is 0 Å². The smallest absolute Gasteiger partial charge is 0.234 e. The highest BCUT2D eigenvalue weighted by Crippen LogP contribution is 2.12. The number of nitrogens with one attached hydrogen (secondary N) is 2. The molecule has 2 aromatic rings. The number of carbonyl (C=O) groups is 1. The Hall–Kier alpha value is -2.13. The molecule has 0 aliphatic rings. The summed E-state index contributed by atoms with van der Waals surface area (Å²) in [5.41, 5.74) is 2.29. The molecule has 21 heavy (non-hydrogen) atoms. The van der Waals surface area contributed by atoms with E-state index in [1.165, 1.54) is 5.56 Å². The summed E-state index contributed by atoms with van der Waals surface area (Å²) in [4.78, 5) is 12.0. The zero-order valence-corrected chi connectivity index (χ0v) is 12.5. The number of carbonyl (C=O) groups excluding carboxylic acids is 1. The Morgan fingerprint density at radius 2 is 1.33 bits per heavy atom. The van der Waals surface area contributed by atoms with Gasteiger partial charge in [0.25, 0.3) is 0 Å². The fraction of sp³-hybridized carbons (Fsp3) is 0.278. The van der Waals surface area contributed by atoms with Gasteiger partial charge in [-0.2, -0.15) is 0 Å². The van der Waals surface area contributed by atoms with Gasteiger partial charge >= 0.3 is 0 Å². The Morgan fingerprint density at radius 1 is 0.857 bits per heavy atom. The molecule has 0 heterocycles. The molecule has 2 rings (SSSR count). The lowest BCUT2D eigenvalue weighted by Crippen LogP contribution is -2.36. The fourth-order valence-electron chi connectivity index (χ4n) is 2.22. The number of amides is 1. The van der Waals surface area contributed by atoms with E-state index in [0.29, 0.717) is 6.54 Å². The van der Waals surface area contributed by atoms with Crippen LogP contribution in [0, 0.1) is 0 Å². The number of hydrogen-bond acceptors (Lipinski definition) is 2. The van der Waals surface area contributed by atoms with E-state index < -0.39 is 0 Å². The minimum atomic E-state index is 0.00846. The van der Waals surface area contributed by atoms with Crippen LogP contribution in [0.2, 0.25) is 0 Å². The van der Waals surface area contributed by atoms with Crippen molar-refractivity contribution < 1.29 is 4.79 Å². The lowest BCUT2D eigenvalue weighted by molar-refractivity contribution is -0.121. The van der Waals surface area contributed by atoms with Crippen LogP contribution in [0.1, 0.15) is 37.1 Å². The highest BCUT2D eigenvalue weighted by molar-refractivity contribution is 5.78. The molecule has 2 N–H and O–H groups in total. The van der Waals surface area contributed by atoms with E-state index in [1.54, 1.807) is 0 Å². The Morgan fingerprint density at radius 3 is 1.86 bits per heavy atom. The van der Waals surface area contributed by atoms with Crippen LogP contribution in [-0.2, 0) is 4.79 Å². The lowest BCUT2D eigenvalue weighted by Gasteiger charge is -2.17. The summed E-state index contributed by atoms with van der Waals surface area (Å²) in [6.45, 7) is 4.37. The van der Waals surface area contributed by atoms with Crippen molar-refractivity contribution >= 4 is 5.91 Å². The molecule has 0 spiro atoms. The normalized spacial score (nSPS) is 13.4. The average Bonchev–Trinajstić information content (AvgIpc) is 2.54. The first kappa shape index (κ1) is 15.3. The summed E-state index contributed by atoms with van der Waals surface area (Å²) in [7, 11) is 0. The Balaban J connectivity index is 1.80. The zero-order valence-electron chi connectivity index (χ0n) is 12.5. The van der Waals surface area contributed by atoms with E-state index in [2.05, 4.69) is 29.7 Å². The average molecular weight is 282 g/mol. The third kappa shape index (κ3) is 4.72. The number of rotatable bonds is 6. The fourth-order valence-corrected chi connectivity index (χ4v) is 2.22. The van der Waals surface area contributed by atoms with Gasteiger partial charge in [0.2, 0.25) is 5.91 Å².